The predicted molar refractivity (Wildman–Crippen MR) is 172 cm³/mol. The molecule has 10 nitrogen and oxygen atoms in total. The molecule has 5 aromatic carbocycles. The van der Waals surface area contributed by atoms with Crippen molar-refractivity contribution in [2.45, 2.75) is 0 Å². The molecule has 8 rings (SSSR count). The second-order valence-electron chi connectivity index (χ2n) is 10.5. The number of aromatic nitrogens is 4. The molecular formula is C36H16N10. The second-order valence-corrected chi connectivity index (χ2v) is 10.5. The van der Waals surface area contributed by atoms with Gasteiger partial charge in [0.1, 0.15) is 24.3 Å². The molecule has 0 radical (unpaired) electrons. The van der Waals surface area contributed by atoms with Gasteiger partial charge in [0.25, 0.3) is 0 Å². The van der Waals surface area contributed by atoms with E-state index >= 15 is 0 Å². The Balaban J connectivity index is 1.50. The molecule has 10 heteroatoms. The van der Waals surface area contributed by atoms with Crippen LogP contribution in [0.3, 0.4) is 0 Å². The number of nitriles is 4. The lowest BCUT2D eigenvalue weighted by molar-refractivity contribution is 0.990. The highest BCUT2D eigenvalue weighted by molar-refractivity contribution is 6.01. The van der Waals surface area contributed by atoms with E-state index in [4.69, 9.17) is 19.9 Å². The van der Waals surface area contributed by atoms with Gasteiger partial charge >= 0.3 is 0 Å². The number of rotatable bonds is 2. The van der Waals surface area contributed by atoms with Crippen molar-refractivity contribution in [2.24, 2.45) is 0 Å². The fraction of sp³-hybridized carbons (Fsp3) is 0. The summed E-state index contributed by atoms with van der Waals surface area (Å²) >= 11 is 0. The molecule has 0 fully saturated rings. The normalized spacial score (nSPS) is 11.7. The topological polar surface area (TPSA) is 153 Å². The number of hydrogen-bond acceptors (Lipinski definition) is 10. The smallest absolute Gasteiger partial charge is 0.184 e. The van der Waals surface area contributed by atoms with Crippen LogP contribution in [0.25, 0.3) is 32.6 Å². The summed E-state index contributed by atoms with van der Waals surface area (Å²) in [5.41, 5.74) is 2.22. The van der Waals surface area contributed by atoms with E-state index in [1.165, 1.54) is 0 Å². The number of nitrogens with zero attached hydrogens (tertiary/aromatic N) is 10. The van der Waals surface area contributed by atoms with Gasteiger partial charge < -0.3 is 0 Å². The zero-order valence-corrected chi connectivity index (χ0v) is 23.7. The van der Waals surface area contributed by atoms with Crippen LogP contribution in [0.15, 0.2) is 97.1 Å². The minimum atomic E-state index is -0.131. The summed E-state index contributed by atoms with van der Waals surface area (Å²) in [7, 11) is 0. The Bertz CT molecular complexity index is 2440. The van der Waals surface area contributed by atoms with Crippen LogP contribution in [0.2, 0.25) is 0 Å². The van der Waals surface area contributed by atoms with Gasteiger partial charge in [0, 0.05) is 11.4 Å². The van der Waals surface area contributed by atoms with Gasteiger partial charge in [0.05, 0.1) is 22.2 Å². The van der Waals surface area contributed by atoms with Gasteiger partial charge in [-0.3, -0.25) is 9.80 Å². The number of hydrogen-bond donors (Lipinski definition) is 0. The lowest BCUT2D eigenvalue weighted by atomic mass is 10.1. The Hall–Kier alpha value is -7.40. The lowest BCUT2D eigenvalue weighted by Crippen LogP contribution is -2.28. The number of anilines is 6. The van der Waals surface area contributed by atoms with Crippen molar-refractivity contribution in [3.8, 4) is 24.3 Å². The van der Waals surface area contributed by atoms with Gasteiger partial charge in [-0.15, -0.1) is 0 Å². The van der Waals surface area contributed by atoms with Gasteiger partial charge in [-0.25, -0.2) is 19.9 Å². The molecule has 0 saturated carbocycles. The van der Waals surface area contributed by atoms with Crippen molar-refractivity contribution in [3.05, 3.63) is 120 Å². The molecule has 1 aliphatic heterocycles. The Labute approximate surface area is 261 Å². The first-order valence-corrected chi connectivity index (χ1v) is 14.1. The van der Waals surface area contributed by atoms with Gasteiger partial charge in [0.2, 0.25) is 0 Å². The fourth-order valence-corrected chi connectivity index (χ4v) is 5.76. The number of benzene rings is 5. The van der Waals surface area contributed by atoms with Crippen molar-refractivity contribution >= 4 is 67.2 Å². The molecule has 0 atom stereocenters. The minimum Gasteiger partial charge on any atom is -0.273 e. The molecule has 0 amide bonds. The van der Waals surface area contributed by atoms with Crippen molar-refractivity contribution in [3.63, 3.8) is 0 Å². The zero-order valence-electron chi connectivity index (χ0n) is 23.7. The first-order valence-electron chi connectivity index (χ1n) is 14.1. The summed E-state index contributed by atoms with van der Waals surface area (Å²) in [5.74, 6) is 1.27. The Morgan fingerprint density at radius 1 is 0.413 bits per heavy atom. The highest BCUT2D eigenvalue weighted by Gasteiger charge is 2.37. The average Bonchev–Trinajstić information content (AvgIpc) is 3.11. The summed E-state index contributed by atoms with van der Waals surface area (Å²) in [6, 6.07) is 38.8. The Morgan fingerprint density at radius 2 is 0.804 bits per heavy atom. The molecule has 46 heavy (non-hydrogen) atoms. The van der Waals surface area contributed by atoms with Crippen LogP contribution in [0.5, 0.6) is 0 Å². The van der Waals surface area contributed by atoms with E-state index in [0.717, 1.165) is 21.5 Å². The predicted octanol–water partition coefficient (Wildman–Crippen LogP) is 7.47. The second kappa shape index (κ2) is 10.1. The third-order valence-electron chi connectivity index (χ3n) is 7.91. The summed E-state index contributed by atoms with van der Waals surface area (Å²) in [6.07, 6.45) is 0. The van der Waals surface area contributed by atoms with Crippen molar-refractivity contribution in [1.29, 1.82) is 21.0 Å². The van der Waals surface area contributed by atoms with Crippen LogP contribution in [0.4, 0.5) is 34.6 Å². The molecule has 0 bridgehead atoms. The highest BCUT2D eigenvalue weighted by Crippen LogP contribution is 2.52. The lowest BCUT2D eigenvalue weighted by Gasteiger charge is -2.37. The van der Waals surface area contributed by atoms with Crippen LogP contribution in [0.1, 0.15) is 22.5 Å². The Kier molecular flexibility index (Phi) is 5.77. The van der Waals surface area contributed by atoms with Crippen molar-refractivity contribution in [1.82, 2.24) is 19.9 Å². The first-order chi connectivity index (χ1) is 22.6. The van der Waals surface area contributed by atoms with Crippen molar-refractivity contribution in [2.75, 3.05) is 9.80 Å². The Morgan fingerprint density at radius 3 is 1.20 bits per heavy atom. The quantitative estimate of drug-likeness (QED) is 0.199. The molecular weight excluding hydrogens is 572 g/mol. The van der Waals surface area contributed by atoms with Crippen LogP contribution in [-0.4, -0.2) is 19.9 Å². The maximum Gasteiger partial charge on any atom is 0.184 e. The van der Waals surface area contributed by atoms with Gasteiger partial charge in [-0.05, 0) is 57.9 Å². The van der Waals surface area contributed by atoms with E-state index in [1.54, 1.807) is 21.9 Å². The summed E-state index contributed by atoms with van der Waals surface area (Å²) in [6.45, 7) is 0. The van der Waals surface area contributed by atoms with E-state index in [-0.39, 0.29) is 34.2 Å². The maximum absolute atomic E-state index is 9.97. The monoisotopic (exact) mass is 588 g/mol. The molecule has 0 unspecified atom stereocenters. The molecule has 2 aromatic heterocycles. The molecule has 210 valence electrons. The SMILES string of the molecule is N#Cc1cc2nc3c(nc2cc1C#N)N(c1ccc2ccccc2c1)c1nc(C#N)c(C#N)nc1N3c1ccc2ccccc2c1. The third-order valence-corrected chi connectivity index (χ3v) is 7.91. The van der Waals surface area contributed by atoms with E-state index in [1.807, 2.05) is 97.1 Å². The van der Waals surface area contributed by atoms with Gasteiger partial charge in [-0.2, -0.15) is 21.0 Å². The largest absolute Gasteiger partial charge is 0.273 e. The van der Waals surface area contributed by atoms with E-state index < -0.39 is 0 Å². The highest BCUT2D eigenvalue weighted by atomic mass is 15.4. The molecule has 3 heterocycles. The molecule has 1 aliphatic rings. The average molecular weight is 589 g/mol. The molecule has 0 saturated heterocycles. The third kappa shape index (κ3) is 3.93. The van der Waals surface area contributed by atoms with Crippen LogP contribution in [0, 0.1) is 45.3 Å². The fourth-order valence-electron chi connectivity index (χ4n) is 5.76. The standard InChI is InChI=1S/C36H16N10/c37-17-25-15-29-30(16-26(25)18-38)42-34-33(41-29)45(27-11-9-21-5-1-3-7-23(21)13-27)35-36(44-32(20-40)31(19-39)43-35)46(34)28-12-10-22-6-2-4-8-24(22)14-28/h1-16H. The van der Waals surface area contributed by atoms with E-state index in [9.17, 15) is 21.0 Å². The van der Waals surface area contributed by atoms with E-state index in [2.05, 4.69) is 12.1 Å². The molecule has 0 N–H and O–H groups in total. The van der Waals surface area contributed by atoms with Crippen molar-refractivity contribution < 1.29 is 0 Å². The summed E-state index contributed by atoms with van der Waals surface area (Å²) < 4.78 is 0. The molecule has 7 aromatic rings. The zero-order chi connectivity index (χ0) is 31.4. The number of fused-ring (bicyclic) bond motifs is 5. The summed E-state index contributed by atoms with van der Waals surface area (Å²) in [4.78, 5) is 23.0. The minimum absolute atomic E-state index is 0.131. The molecule has 0 spiro atoms. The van der Waals surface area contributed by atoms with Crippen LogP contribution in [-0.2, 0) is 0 Å². The van der Waals surface area contributed by atoms with Crippen LogP contribution >= 0.6 is 0 Å². The maximum atomic E-state index is 9.97. The van der Waals surface area contributed by atoms with E-state index in [0.29, 0.717) is 34.0 Å². The molecule has 0 aliphatic carbocycles. The van der Waals surface area contributed by atoms with Gasteiger partial charge in [0.15, 0.2) is 34.7 Å². The first kappa shape index (κ1) is 26.2. The summed E-state index contributed by atoms with van der Waals surface area (Å²) in [5, 5.41) is 43.4. The van der Waals surface area contributed by atoms with Crippen LogP contribution < -0.4 is 9.80 Å². The van der Waals surface area contributed by atoms with Gasteiger partial charge in [-0.1, -0.05) is 60.7 Å².